The Balaban J connectivity index is 1.95. The molecule has 0 fully saturated rings. The van der Waals surface area contributed by atoms with E-state index < -0.39 is 6.10 Å². The van der Waals surface area contributed by atoms with Crippen LogP contribution in [0.1, 0.15) is 29.9 Å². The van der Waals surface area contributed by atoms with Crippen LogP contribution in [0.4, 0.5) is 4.39 Å². The number of halogens is 1. The van der Waals surface area contributed by atoms with Gasteiger partial charge in [-0.1, -0.05) is 12.1 Å². The predicted molar refractivity (Wildman–Crippen MR) is 87.6 cm³/mol. The topological polar surface area (TPSA) is 69.8 Å². The number of guanidine groups is 1. The third kappa shape index (κ3) is 5.10. The Hall–Kier alpha value is -2.34. The zero-order valence-electron chi connectivity index (χ0n) is 13.3. The van der Waals surface area contributed by atoms with E-state index in [2.05, 4.69) is 15.6 Å². The monoisotopic (exact) mass is 319 g/mol. The third-order valence-electron chi connectivity index (χ3n) is 3.33. The number of nitrogens with zero attached hydrogens (tertiary/aromatic N) is 1. The molecule has 0 saturated heterocycles. The number of aryl methyl sites for hydroxylation is 1. The molecule has 0 aliphatic carbocycles. The second-order valence-electron chi connectivity index (χ2n) is 5.19. The molecule has 0 aliphatic heterocycles. The van der Waals surface area contributed by atoms with Gasteiger partial charge in [-0.2, -0.15) is 0 Å². The van der Waals surface area contributed by atoms with Crippen molar-refractivity contribution in [3.8, 4) is 0 Å². The lowest BCUT2D eigenvalue weighted by atomic mass is 10.1. The Labute approximate surface area is 135 Å². The van der Waals surface area contributed by atoms with Gasteiger partial charge in [0.25, 0.3) is 0 Å². The number of aliphatic imine (C=N–C) groups is 1. The number of furan rings is 1. The van der Waals surface area contributed by atoms with Gasteiger partial charge in [0.2, 0.25) is 0 Å². The highest BCUT2D eigenvalue weighted by Crippen LogP contribution is 2.12. The van der Waals surface area contributed by atoms with E-state index in [1.54, 1.807) is 25.1 Å². The molecule has 124 valence electrons. The lowest BCUT2D eigenvalue weighted by molar-refractivity contribution is 0.153. The zero-order chi connectivity index (χ0) is 16.7. The zero-order valence-corrected chi connectivity index (χ0v) is 13.3. The van der Waals surface area contributed by atoms with E-state index >= 15 is 0 Å². The highest BCUT2D eigenvalue weighted by molar-refractivity contribution is 5.79. The molecule has 2 aromatic rings. The van der Waals surface area contributed by atoms with Gasteiger partial charge in [0.15, 0.2) is 5.96 Å². The molecule has 1 heterocycles. The highest BCUT2D eigenvalue weighted by atomic mass is 19.1. The summed E-state index contributed by atoms with van der Waals surface area (Å²) in [6, 6.07) is 8.51. The summed E-state index contributed by atoms with van der Waals surface area (Å²) in [6.07, 6.45) is 0.759. The third-order valence-corrected chi connectivity index (χ3v) is 3.33. The van der Waals surface area contributed by atoms with Crippen molar-refractivity contribution >= 4 is 5.96 Å². The van der Waals surface area contributed by atoms with E-state index in [4.69, 9.17) is 4.42 Å². The molecule has 0 radical (unpaired) electrons. The lowest BCUT2D eigenvalue weighted by Gasteiger charge is -2.14. The SMILES string of the molecule is CCNC(=NCc1ccc(C)c(F)c1)NCC(O)c1ccco1. The fourth-order valence-electron chi connectivity index (χ4n) is 2.02. The predicted octanol–water partition coefficient (Wildman–Crippen LogP) is 2.52. The number of aliphatic hydroxyl groups is 1. The number of rotatable bonds is 6. The molecule has 0 saturated carbocycles. The van der Waals surface area contributed by atoms with Crippen molar-refractivity contribution in [2.24, 2.45) is 4.99 Å². The average Bonchev–Trinajstić information content (AvgIpc) is 3.07. The molecule has 23 heavy (non-hydrogen) atoms. The summed E-state index contributed by atoms with van der Waals surface area (Å²) in [5, 5.41) is 16.1. The van der Waals surface area contributed by atoms with Gasteiger partial charge >= 0.3 is 0 Å². The molecule has 5 nitrogen and oxygen atoms in total. The Kier molecular flexibility index (Phi) is 6.17. The largest absolute Gasteiger partial charge is 0.467 e. The Morgan fingerprint density at radius 2 is 2.17 bits per heavy atom. The molecule has 0 bridgehead atoms. The average molecular weight is 319 g/mol. The first-order chi connectivity index (χ1) is 11.1. The van der Waals surface area contributed by atoms with Gasteiger partial charge in [-0.3, -0.25) is 0 Å². The Morgan fingerprint density at radius 3 is 2.83 bits per heavy atom. The molecule has 0 aliphatic rings. The van der Waals surface area contributed by atoms with E-state index in [0.29, 0.717) is 30.4 Å². The highest BCUT2D eigenvalue weighted by Gasteiger charge is 2.10. The number of benzene rings is 1. The molecular formula is C17H22FN3O2. The second kappa shape index (κ2) is 8.33. The van der Waals surface area contributed by atoms with Crippen molar-refractivity contribution in [2.75, 3.05) is 13.1 Å². The van der Waals surface area contributed by atoms with E-state index in [1.165, 1.54) is 12.3 Å². The molecule has 3 N–H and O–H groups in total. The molecule has 0 amide bonds. The van der Waals surface area contributed by atoms with E-state index in [-0.39, 0.29) is 12.4 Å². The molecule has 0 spiro atoms. The minimum absolute atomic E-state index is 0.232. The number of hydrogen-bond acceptors (Lipinski definition) is 3. The Morgan fingerprint density at radius 1 is 1.35 bits per heavy atom. The van der Waals surface area contributed by atoms with Crippen molar-refractivity contribution in [1.29, 1.82) is 0 Å². The van der Waals surface area contributed by atoms with Gasteiger partial charge in [-0.25, -0.2) is 9.38 Å². The van der Waals surface area contributed by atoms with Gasteiger partial charge < -0.3 is 20.2 Å². The summed E-state index contributed by atoms with van der Waals surface area (Å²) < 4.78 is 18.7. The van der Waals surface area contributed by atoms with Crippen molar-refractivity contribution in [3.63, 3.8) is 0 Å². The maximum Gasteiger partial charge on any atom is 0.191 e. The summed E-state index contributed by atoms with van der Waals surface area (Å²) in [7, 11) is 0. The van der Waals surface area contributed by atoms with Crippen LogP contribution in [-0.4, -0.2) is 24.2 Å². The normalized spacial score (nSPS) is 13.0. The van der Waals surface area contributed by atoms with Gasteiger partial charge in [0.1, 0.15) is 17.7 Å². The van der Waals surface area contributed by atoms with Crippen LogP contribution in [-0.2, 0) is 6.54 Å². The first-order valence-corrected chi connectivity index (χ1v) is 7.58. The lowest BCUT2D eigenvalue weighted by Crippen LogP contribution is -2.39. The first-order valence-electron chi connectivity index (χ1n) is 7.58. The van der Waals surface area contributed by atoms with Crippen molar-refractivity contribution in [1.82, 2.24) is 10.6 Å². The van der Waals surface area contributed by atoms with Crippen LogP contribution < -0.4 is 10.6 Å². The fraction of sp³-hybridized carbons (Fsp3) is 0.353. The van der Waals surface area contributed by atoms with Crippen LogP contribution >= 0.6 is 0 Å². The van der Waals surface area contributed by atoms with Gasteiger partial charge in [0.05, 0.1) is 19.4 Å². The van der Waals surface area contributed by atoms with Gasteiger partial charge in [-0.15, -0.1) is 0 Å². The van der Waals surface area contributed by atoms with Crippen LogP contribution in [0, 0.1) is 12.7 Å². The molecular weight excluding hydrogens is 297 g/mol. The summed E-state index contributed by atoms with van der Waals surface area (Å²) in [4.78, 5) is 4.39. The molecule has 2 rings (SSSR count). The fourth-order valence-corrected chi connectivity index (χ4v) is 2.02. The number of nitrogens with one attached hydrogen (secondary N) is 2. The molecule has 1 unspecified atom stereocenters. The van der Waals surface area contributed by atoms with E-state index in [0.717, 1.165) is 5.56 Å². The van der Waals surface area contributed by atoms with E-state index in [9.17, 15) is 9.50 Å². The summed E-state index contributed by atoms with van der Waals surface area (Å²) in [5.74, 6) is 0.817. The maximum atomic E-state index is 13.5. The standard InChI is InChI=1S/C17H22FN3O2/c1-3-19-17(21-11-15(22)16-5-4-8-23-16)20-10-13-7-6-12(2)14(18)9-13/h4-9,15,22H,3,10-11H2,1-2H3,(H2,19,20,21). The van der Waals surface area contributed by atoms with Gasteiger partial charge in [-0.05, 0) is 43.2 Å². The van der Waals surface area contributed by atoms with Crippen molar-refractivity contribution in [3.05, 3.63) is 59.3 Å². The van der Waals surface area contributed by atoms with Crippen LogP contribution in [0.2, 0.25) is 0 Å². The van der Waals surface area contributed by atoms with Crippen LogP contribution in [0.25, 0.3) is 0 Å². The molecule has 6 heteroatoms. The summed E-state index contributed by atoms with van der Waals surface area (Å²) in [6.45, 7) is 4.98. The molecule has 1 aromatic carbocycles. The van der Waals surface area contributed by atoms with Crippen molar-refractivity contribution in [2.45, 2.75) is 26.5 Å². The molecule has 1 aromatic heterocycles. The number of hydrogen-bond donors (Lipinski definition) is 3. The van der Waals surface area contributed by atoms with Crippen LogP contribution in [0.15, 0.2) is 46.0 Å². The summed E-state index contributed by atoms with van der Waals surface area (Å²) >= 11 is 0. The minimum Gasteiger partial charge on any atom is -0.467 e. The van der Waals surface area contributed by atoms with Crippen molar-refractivity contribution < 1.29 is 13.9 Å². The van der Waals surface area contributed by atoms with Gasteiger partial charge in [0, 0.05) is 6.54 Å². The van der Waals surface area contributed by atoms with Crippen LogP contribution in [0.5, 0.6) is 0 Å². The second-order valence-corrected chi connectivity index (χ2v) is 5.19. The minimum atomic E-state index is -0.759. The quantitative estimate of drug-likeness (QED) is 0.565. The maximum absolute atomic E-state index is 13.5. The smallest absolute Gasteiger partial charge is 0.191 e. The molecule has 1 atom stereocenters. The van der Waals surface area contributed by atoms with Crippen LogP contribution in [0.3, 0.4) is 0 Å². The first kappa shape index (κ1) is 17.0. The Bertz CT molecular complexity index is 641. The summed E-state index contributed by atoms with van der Waals surface area (Å²) in [5.41, 5.74) is 1.40. The van der Waals surface area contributed by atoms with E-state index in [1.807, 2.05) is 13.0 Å². The number of aliphatic hydroxyl groups excluding tert-OH is 1.